The number of hydrogen-bond donors (Lipinski definition) is 1. The molecule has 0 aliphatic rings. The van der Waals surface area contributed by atoms with Crippen LogP contribution >= 0.6 is 23.6 Å². The predicted octanol–water partition coefficient (Wildman–Crippen LogP) is 3.91. The number of nitrogens with one attached hydrogen (secondary N) is 1. The Morgan fingerprint density at radius 2 is 2.05 bits per heavy atom. The highest BCUT2D eigenvalue weighted by Gasteiger charge is 2.36. The van der Waals surface area contributed by atoms with Gasteiger partial charge in [-0.05, 0) is 17.8 Å². The highest BCUT2D eigenvalue weighted by molar-refractivity contribution is 7.73. The largest absolute Gasteiger partial charge is 0.444 e. The van der Waals surface area contributed by atoms with Crippen molar-refractivity contribution in [2.24, 2.45) is 0 Å². The second-order valence-electron chi connectivity index (χ2n) is 4.14. The number of rotatable bonds is 4. The van der Waals surface area contributed by atoms with Crippen LogP contribution in [0.4, 0.5) is 23.1 Å². The third-order valence-electron chi connectivity index (χ3n) is 2.42. The fourth-order valence-corrected chi connectivity index (χ4v) is 2.39. The topological polar surface area (TPSA) is 58.2 Å². The van der Waals surface area contributed by atoms with Crippen LogP contribution in [0.3, 0.4) is 0 Å². The molecule has 1 amide bonds. The van der Waals surface area contributed by atoms with E-state index < -0.39 is 18.8 Å². The molecule has 22 heavy (non-hydrogen) atoms. The Morgan fingerprint density at radius 3 is 2.59 bits per heavy atom. The van der Waals surface area contributed by atoms with Crippen LogP contribution in [-0.4, -0.2) is 29.0 Å². The van der Waals surface area contributed by atoms with Gasteiger partial charge in [-0.2, -0.15) is 13.2 Å². The molecule has 1 aromatic carbocycles. The van der Waals surface area contributed by atoms with E-state index in [4.69, 9.17) is 17.0 Å². The minimum absolute atomic E-state index is 0.135. The standard InChI is InChI=1S/C12H10F3N3O2S2/c13-12(14,15)7-18(9-16-17-10(21)22-9)11(19)20-6-8-4-2-1-3-5-8/h1-5H,6-7H2,(H,17,21). The van der Waals surface area contributed by atoms with Crippen molar-refractivity contribution in [2.75, 3.05) is 11.4 Å². The second-order valence-corrected chi connectivity index (χ2v) is 5.78. The lowest BCUT2D eigenvalue weighted by atomic mass is 10.2. The van der Waals surface area contributed by atoms with Crippen LogP contribution in [0.2, 0.25) is 0 Å². The monoisotopic (exact) mass is 349 g/mol. The van der Waals surface area contributed by atoms with Gasteiger partial charge in [-0.1, -0.05) is 41.7 Å². The van der Waals surface area contributed by atoms with E-state index in [9.17, 15) is 18.0 Å². The number of aromatic amines is 1. The van der Waals surface area contributed by atoms with E-state index in [1.165, 1.54) is 0 Å². The molecule has 0 aliphatic carbocycles. The number of carbonyl (C=O) groups excluding carboxylic acids is 1. The van der Waals surface area contributed by atoms with Gasteiger partial charge in [0.25, 0.3) is 0 Å². The normalized spacial score (nSPS) is 11.2. The van der Waals surface area contributed by atoms with Crippen LogP contribution in [0.5, 0.6) is 0 Å². The molecule has 10 heteroatoms. The first kappa shape index (κ1) is 16.4. The summed E-state index contributed by atoms with van der Waals surface area (Å²) in [6.45, 7) is -1.64. The van der Waals surface area contributed by atoms with Gasteiger partial charge in [0.1, 0.15) is 13.2 Å². The van der Waals surface area contributed by atoms with Gasteiger partial charge < -0.3 is 4.74 Å². The first-order valence-electron chi connectivity index (χ1n) is 5.95. The van der Waals surface area contributed by atoms with Crippen molar-refractivity contribution in [2.45, 2.75) is 12.8 Å². The van der Waals surface area contributed by atoms with Gasteiger partial charge in [0.2, 0.25) is 5.13 Å². The Labute approximate surface area is 132 Å². The van der Waals surface area contributed by atoms with Crippen LogP contribution in [0.1, 0.15) is 5.56 Å². The maximum Gasteiger partial charge on any atom is 0.416 e. The first-order chi connectivity index (χ1) is 10.3. The Balaban J connectivity index is 2.10. The average molecular weight is 349 g/mol. The van der Waals surface area contributed by atoms with Gasteiger partial charge in [-0.15, -0.1) is 5.10 Å². The number of hydrogen-bond acceptors (Lipinski definition) is 5. The Bertz CT molecular complexity index is 685. The number of benzene rings is 1. The van der Waals surface area contributed by atoms with Crippen molar-refractivity contribution in [3.8, 4) is 0 Å². The molecule has 0 atom stereocenters. The molecule has 1 N–H and O–H groups in total. The molecule has 0 spiro atoms. The lowest BCUT2D eigenvalue weighted by Gasteiger charge is -2.20. The van der Waals surface area contributed by atoms with Gasteiger partial charge in [0, 0.05) is 0 Å². The van der Waals surface area contributed by atoms with Gasteiger partial charge in [0.05, 0.1) is 0 Å². The number of nitrogens with zero attached hydrogens (tertiary/aromatic N) is 2. The summed E-state index contributed by atoms with van der Waals surface area (Å²) >= 11 is 5.52. The van der Waals surface area contributed by atoms with Gasteiger partial charge >= 0.3 is 12.3 Å². The quantitative estimate of drug-likeness (QED) is 0.851. The number of ether oxygens (including phenoxy) is 1. The van der Waals surface area contributed by atoms with E-state index in [1.54, 1.807) is 30.3 Å². The summed E-state index contributed by atoms with van der Waals surface area (Å²) in [5.41, 5.74) is 0.664. The summed E-state index contributed by atoms with van der Waals surface area (Å²) in [6.07, 6.45) is -5.72. The van der Waals surface area contributed by atoms with E-state index in [0.29, 0.717) is 10.5 Å². The molecular formula is C12H10F3N3O2S2. The molecule has 118 valence electrons. The Kier molecular flexibility index (Phi) is 5.14. The fraction of sp³-hybridized carbons (Fsp3) is 0.250. The van der Waals surface area contributed by atoms with E-state index in [2.05, 4.69) is 10.2 Å². The van der Waals surface area contributed by atoms with Crippen molar-refractivity contribution >= 4 is 34.8 Å². The molecule has 0 saturated carbocycles. The van der Waals surface area contributed by atoms with E-state index in [1.807, 2.05) is 0 Å². The smallest absolute Gasteiger partial charge is 0.416 e. The molecule has 0 bridgehead atoms. The van der Waals surface area contributed by atoms with E-state index >= 15 is 0 Å². The van der Waals surface area contributed by atoms with E-state index in [0.717, 1.165) is 11.3 Å². The highest BCUT2D eigenvalue weighted by Crippen LogP contribution is 2.24. The van der Waals surface area contributed by atoms with Crippen molar-refractivity contribution in [1.82, 2.24) is 10.2 Å². The average Bonchev–Trinajstić information content (AvgIpc) is 2.89. The van der Waals surface area contributed by atoms with Gasteiger partial charge in [0.15, 0.2) is 3.95 Å². The van der Waals surface area contributed by atoms with Crippen LogP contribution in [-0.2, 0) is 11.3 Å². The number of halogens is 3. The number of amides is 1. The molecule has 2 aromatic rings. The lowest BCUT2D eigenvalue weighted by Crippen LogP contribution is -2.39. The SMILES string of the molecule is O=C(OCc1ccccc1)N(CC(F)(F)F)c1n[nH]c(=S)s1. The maximum atomic E-state index is 12.6. The molecule has 0 unspecified atom stereocenters. The number of carbonyl (C=O) groups is 1. The summed E-state index contributed by atoms with van der Waals surface area (Å²) in [5.74, 6) is 0. The van der Waals surface area contributed by atoms with Gasteiger partial charge in [-0.25, -0.2) is 9.69 Å². The van der Waals surface area contributed by atoms with Crippen molar-refractivity contribution in [1.29, 1.82) is 0 Å². The summed E-state index contributed by atoms with van der Waals surface area (Å²) in [5, 5.41) is 5.73. The molecule has 1 aromatic heterocycles. The zero-order valence-electron chi connectivity index (χ0n) is 11.0. The maximum absolute atomic E-state index is 12.6. The van der Waals surface area contributed by atoms with Crippen molar-refractivity contribution in [3.05, 3.63) is 39.8 Å². The summed E-state index contributed by atoms with van der Waals surface area (Å²) < 4.78 is 42.9. The zero-order chi connectivity index (χ0) is 16.2. The van der Waals surface area contributed by atoms with Crippen LogP contribution in [0.25, 0.3) is 0 Å². The number of aromatic nitrogens is 2. The molecule has 0 radical (unpaired) electrons. The second kappa shape index (κ2) is 6.88. The number of H-pyrrole nitrogens is 1. The van der Waals surface area contributed by atoms with Gasteiger partial charge in [-0.3, -0.25) is 5.10 Å². The summed E-state index contributed by atoms with van der Waals surface area (Å²) in [4.78, 5) is 12.3. The molecule has 1 heterocycles. The number of alkyl halides is 3. The Morgan fingerprint density at radius 1 is 1.36 bits per heavy atom. The fourth-order valence-electron chi connectivity index (χ4n) is 1.52. The lowest BCUT2D eigenvalue weighted by molar-refractivity contribution is -0.119. The third-order valence-corrected chi connectivity index (χ3v) is 3.53. The van der Waals surface area contributed by atoms with Crippen LogP contribution in [0.15, 0.2) is 30.3 Å². The zero-order valence-corrected chi connectivity index (χ0v) is 12.6. The molecule has 0 fully saturated rings. The summed E-state index contributed by atoms with van der Waals surface area (Å²) in [7, 11) is 0. The molecular weight excluding hydrogens is 339 g/mol. The van der Waals surface area contributed by atoms with Crippen LogP contribution in [0, 0.1) is 3.95 Å². The van der Waals surface area contributed by atoms with Crippen molar-refractivity contribution in [3.63, 3.8) is 0 Å². The summed E-state index contributed by atoms with van der Waals surface area (Å²) in [6, 6.07) is 8.63. The number of anilines is 1. The minimum atomic E-state index is -4.58. The highest BCUT2D eigenvalue weighted by atomic mass is 32.1. The molecule has 0 aliphatic heterocycles. The third kappa shape index (κ3) is 4.81. The molecule has 5 nitrogen and oxygen atoms in total. The van der Waals surface area contributed by atoms with Crippen LogP contribution < -0.4 is 4.90 Å². The first-order valence-corrected chi connectivity index (χ1v) is 7.18. The predicted molar refractivity (Wildman–Crippen MR) is 77.3 cm³/mol. The van der Waals surface area contributed by atoms with Crippen molar-refractivity contribution < 1.29 is 22.7 Å². The molecule has 2 rings (SSSR count). The molecule has 0 saturated heterocycles. The van der Waals surface area contributed by atoms with E-state index in [-0.39, 0.29) is 15.7 Å². The Hall–Kier alpha value is -1.94. The minimum Gasteiger partial charge on any atom is -0.444 e.